The van der Waals surface area contributed by atoms with Crippen LogP contribution in [0.1, 0.15) is 33.6 Å². The van der Waals surface area contributed by atoms with Gasteiger partial charge in [-0.05, 0) is 46.5 Å². The van der Waals surface area contributed by atoms with E-state index in [4.69, 9.17) is 4.74 Å². The molecule has 0 aliphatic rings. The molecule has 0 bridgehead atoms. The van der Waals surface area contributed by atoms with Crippen LogP contribution in [0.5, 0.6) is 5.75 Å². The average molecular weight is 425 g/mol. The normalized spacial score (nSPS) is 12.6. The Bertz CT molecular complexity index is 1170. The number of carbonyl (C=O) groups excluding carboxylic acids is 1. The summed E-state index contributed by atoms with van der Waals surface area (Å²) in [5, 5.41) is 14.1. The molecule has 5 nitrogen and oxygen atoms in total. The molecule has 0 saturated carbocycles. The average Bonchev–Trinajstić information content (AvgIpc) is 2.88. The lowest BCUT2D eigenvalue weighted by Gasteiger charge is -2.25. The smallest absolute Gasteiger partial charge is 0.255 e. The summed E-state index contributed by atoms with van der Waals surface area (Å²) in [4.78, 5) is 17.3. The van der Waals surface area contributed by atoms with Crippen molar-refractivity contribution in [1.29, 1.82) is 0 Å². The van der Waals surface area contributed by atoms with Crippen LogP contribution in [-0.4, -0.2) is 23.1 Å². The van der Waals surface area contributed by atoms with Crippen molar-refractivity contribution in [3.63, 3.8) is 0 Å². The number of methoxy groups -OCH3 is 1. The van der Waals surface area contributed by atoms with Crippen LogP contribution in [0.3, 0.4) is 0 Å². The molecular formula is C27H24N2O3. The van der Waals surface area contributed by atoms with E-state index in [0.29, 0.717) is 11.3 Å². The van der Waals surface area contributed by atoms with E-state index >= 15 is 0 Å². The van der Waals surface area contributed by atoms with E-state index in [1.165, 1.54) is 7.11 Å². The van der Waals surface area contributed by atoms with Crippen LogP contribution in [0.2, 0.25) is 0 Å². The first-order chi connectivity index (χ1) is 15.7. The molecule has 32 heavy (non-hydrogen) atoms. The van der Waals surface area contributed by atoms with Crippen molar-refractivity contribution < 1.29 is 14.6 Å². The molecule has 5 heteroatoms. The van der Waals surface area contributed by atoms with E-state index < -0.39 is 12.1 Å². The number of aromatic nitrogens is 1. The highest BCUT2D eigenvalue weighted by atomic mass is 16.5. The molecule has 0 unspecified atom stereocenters. The lowest BCUT2D eigenvalue weighted by Crippen LogP contribution is -2.33. The van der Waals surface area contributed by atoms with E-state index in [1.807, 2.05) is 84.9 Å². The van der Waals surface area contributed by atoms with Gasteiger partial charge in [-0.3, -0.25) is 9.78 Å². The standard InChI is InChI=1S/C27H24N2O3/c1-32-24-18-22(19-14-16-28-17-15-19)12-13-23(24)27(31)29-25(20-8-4-2-5-9-20)26(30)21-10-6-3-7-11-21/h2-18,25-26,30H,1H3,(H,29,31)/t25-,26+/m0/s1. The number of carbonyl (C=O) groups is 1. The Hall–Kier alpha value is -3.96. The highest BCUT2D eigenvalue weighted by molar-refractivity contribution is 5.98. The molecular weight excluding hydrogens is 400 g/mol. The second kappa shape index (κ2) is 9.90. The molecule has 2 atom stereocenters. The van der Waals surface area contributed by atoms with Crippen LogP contribution in [0, 0.1) is 0 Å². The van der Waals surface area contributed by atoms with E-state index in [0.717, 1.165) is 22.3 Å². The summed E-state index contributed by atoms with van der Waals surface area (Å²) in [5.74, 6) is 0.129. The number of aliphatic hydroxyl groups excluding tert-OH is 1. The molecule has 0 fully saturated rings. The maximum Gasteiger partial charge on any atom is 0.255 e. The van der Waals surface area contributed by atoms with Gasteiger partial charge >= 0.3 is 0 Å². The summed E-state index contributed by atoms with van der Waals surface area (Å²) in [6.45, 7) is 0. The molecule has 1 amide bonds. The first-order valence-electron chi connectivity index (χ1n) is 10.3. The predicted molar refractivity (Wildman–Crippen MR) is 124 cm³/mol. The summed E-state index contributed by atoms with van der Waals surface area (Å²) in [6, 6.07) is 27.4. The molecule has 0 saturated heterocycles. The third kappa shape index (κ3) is 4.68. The number of nitrogens with zero attached hydrogens (tertiary/aromatic N) is 1. The van der Waals surface area contributed by atoms with Crippen LogP contribution in [-0.2, 0) is 0 Å². The van der Waals surface area contributed by atoms with Gasteiger partial charge in [0.2, 0.25) is 0 Å². The monoisotopic (exact) mass is 424 g/mol. The summed E-state index contributed by atoms with van der Waals surface area (Å²) in [6.07, 6.45) is 2.53. The van der Waals surface area contributed by atoms with Gasteiger partial charge in [0.1, 0.15) is 11.9 Å². The van der Waals surface area contributed by atoms with Crippen LogP contribution in [0.4, 0.5) is 0 Å². The van der Waals surface area contributed by atoms with Gasteiger partial charge in [0, 0.05) is 12.4 Å². The number of ether oxygens (including phenoxy) is 1. The number of nitrogens with one attached hydrogen (secondary N) is 1. The van der Waals surface area contributed by atoms with Crippen molar-refractivity contribution in [3.8, 4) is 16.9 Å². The van der Waals surface area contributed by atoms with Crippen molar-refractivity contribution in [3.05, 3.63) is 120 Å². The molecule has 1 aromatic heterocycles. The van der Waals surface area contributed by atoms with Gasteiger partial charge in [-0.15, -0.1) is 0 Å². The summed E-state index contributed by atoms with van der Waals surface area (Å²) >= 11 is 0. The topological polar surface area (TPSA) is 71.5 Å². The van der Waals surface area contributed by atoms with Gasteiger partial charge in [-0.1, -0.05) is 66.7 Å². The quantitative estimate of drug-likeness (QED) is 0.440. The Morgan fingerprint density at radius 3 is 2.09 bits per heavy atom. The molecule has 3 aromatic carbocycles. The molecule has 0 spiro atoms. The summed E-state index contributed by atoms with van der Waals surface area (Å²) in [7, 11) is 1.54. The fraction of sp³-hybridized carbons (Fsp3) is 0.111. The van der Waals surface area contributed by atoms with E-state index in [2.05, 4.69) is 10.3 Å². The number of pyridine rings is 1. The maximum absolute atomic E-state index is 13.3. The van der Waals surface area contributed by atoms with Crippen molar-refractivity contribution >= 4 is 5.91 Å². The molecule has 160 valence electrons. The number of rotatable bonds is 7. The highest BCUT2D eigenvalue weighted by Gasteiger charge is 2.26. The Balaban J connectivity index is 1.65. The minimum absolute atomic E-state index is 0.327. The fourth-order valence-corrected chi connectivity index (χ4v) is 3.67. The maximum atomic E-state index is 13.3. The first kappa shape index (κ1) is 21.3. The van der Waals surface area contributed by atoms with Crippen LogP contribution in [0.15, 0.2) is 103 Å². The van der Waals surface area contributed by atoms with E-state index in [-0.39, 0.29) is 5.91 Å². The largest absolute Gasteiger partial charge is 0.496 e. The van der Waals surface area contributed by atoms with Crippen LogP contribution in [0.25, 0.3) is 11.1 Å². The minimum Gasteiger partial charge on any atom is -0.496 e. The molecule has 0 aliphatic carbocycles. The molecule has 2 N–H and O–H groups in total. The van der Waals surface area contributed by atoms with Crippen LogP contribution < -0.4 is 10.1 Å². The Morgan fingerprint density at radius 1 is 0.844 bits per heavy atom. The number of aliphatic hydroxyl groups is 1. The SMILES string of the molecule is COc1cc(-c2ccncc2)ccc1C(=O)N[C@@H](c1ccccc1)[C@H](O)c1ccccc1. The molecule has 0 radical (unpaired) electrons. The van der Waals surface area contributed by atoms with Crippen molar-refractivity contribution in [2.45, 2.75) is 12.1 Å². The van der Waals surface area contributed by atoms with Gasteiger partial charge in [0.05, 0.1) is 18.7 Å². The second-order valence-corrected chi connectivity index (χ2v) is 7.37. The van der Waals surface area contributed by atoms with Crippen molar-refractivity contribution in [1.82, 2.24) is 10.3 Å². The second-order valence-electron chi connectivity index (χ2n) is 7.37. The van der Waals surface area contributed by atoms with Gasteiger partial charge in [-0.25, -0.2) is 0 Å². The number of amides is 1. The molecule has 4 aromatic rings. The lowest BCUT2D eigenvalue weighted by molar-refractivity contribution is 0.0828. The van der Waals surface area contributed by atoms with Crippen molar-refractivity contribution in [2.24, 2.45) is 0 Å². The minimum atomic E-state index is -0.912. The van der Waals surface area contributed by atoms with E-state index in [9.17, 15) is 9.90 Å². The molecule has 1 heterocycles. The first-order valence-corrected chi connectivity index (χ1v) is 10.3. The van der Waals surface area contributed by atoms with Gasteiger partial charge in [0.15, 0.2) is 0 Å². The van der Waals surface area contributed by atoms with Gasteiger partial charge < -0.3 is 15.2 Å². The Kier molecular flexibility index (Phi) is 6.58. The predicted octanol–water partition coefficient (Wildman–Crippen LogP) is 4.96. The third-order valence-electron chi connectivity index (χ3n) is 5.36. The number of hydrogen-bond acceptors (Lipinski definition) is 4. The molecule has 4 rings (SSSR count). The summed E-state index contributed by atoms with van der Waals surface area (Å²) in [5.41, 5.74) is 3.83. The number of benzene rings is 3. The third-order valence-corrected chi connectivity index (χ3v) is 5.36. The van der Waals surface area contributed by atoms with Gasteiger partial charge in [-0.2, -0.15) is 0 Å². The lowest BCUT2D eigenvalue weighted by atomic mass is 9.95. The Labute approximate surface area is 187 Å². The summed E-state index contributed by atoms with van der Waals surface area (Å²) < 4.78 is 5.52. The zero-order chi connectivity index (χ0) is 22.3. The zero-order valence-corrected chi connectivity index (χ0v) is 17.7. The number of hydrogen-bond donors (Lipinski definition) is 2. The van der Waals surface area contributed by atoms with Gasteiger partial charge in [0.25, 0.3) is 5.91 Å². The molecule has 0 aliphatic heterocycles. The zero-order valence-electron chi connectivity index (χ0n) is 17.7. The highest BCUT2D eigenvalue weighted by Crippen LogP contribution is 2.31. The Morgan fingerprint density at radius 2 is 1.47 bits per heavy atom. The van der Waals surface area contributed by atoms with Crippen molar-refractivity contribution in [2.75, 3.05) is 7.11 Å². The van der Waals surface area contributed by atoms with E-state index in [1.54, 1.807) is 18.5 Å². The van der Waals surface area contributed by atoms with Crippen LogP contribution >= 0.6 is 0 Å². The fourth-order valence-electron chi connectivity index (χ4n) is 3.67.